The maximum absolute atomic E-state index is 12.2. The van der Waals surface area contributed by atoms with Gasteiger partial charge in [0.15, 0.2) is 5.78 Å². The van der Waals surface area contributed by atoms with E-state index in [-0.39, 0.29) is 11.9 Å². The van der Waals surface area contributed by atoms with E-state index in [0.717, 1.165) is 5.56 Å². The van der Waals surface area contributed by atoms with Gasteiger partial charge in [-0.15, -0.1) is 0 Å². The first-order valence-electron chi connectivity index (χ1n) is 9.32. The average molecular weight is 388 g/mol. The van der Waals surface area contributed by atoms with Gasteiger partial charge in [0.05, 0.1) is 5.56 Å². The monoisotopic (exact) mass is 388 g/mol. The van der Waals surface area contributed by atoms with Gasteiger partial charge < -0.3 is 15.2 Å². The van der Waals surface area contributed by atoms with Crippen LogP contribution < -0.4 is 15.2 Å². The number of nitrogens with two attached hydrogens (primary N) is 1. The number of ether oxygens (including phenoxy) is 2. The van der Waals surface area contributed by atoms with Crippen LogP contribution in [0.15, 0.2) is 67.0 Å². The van der Waals surface area contributed by atoms with Gasteiger partial charge in [-0.25, -0.2) is 0 Å². The van der Waals surface area contributed by atoms with Crippen molar-refractivity contribution in [1.82, 2.24) is 4.98 Å². The number of benzene rings is 2. The molecule has 0 saturated heterocycles. The summed E-state index contributed by atoms with van der Waals surface area (Å²) in [6, 6.07) is 15.9. The predicted molar refractivity (Wildman–Crippen MR) is 107 cm³/mol. The van der Waals surface area contributed by atoms with Crippen LogP contribution in [0.2, 0.25) is 0 Å². The largest absolute Gasteiger partial charge is 0.489 e. The van der Waals surface area contributed by atoms with Gasteiger partial charge in [0, 0.05) is 36.0 Å². The molecule has 1 aromatic heterocycles. The van der Waals surface area contributed by atoms with Crippen LogP contribution >= 0.6 is 0 Å². The van der Waals surface area contributed by atoms with E-state index in [9.17, 15) is 9.59 Å². The summed E-state index contributed by atoms with van der Waals surface area (Å²) in [5, 5.41) is 0. The maximum atomic E-state index is 12.2. The first-order valence-corrected chi connectivity index (χ1v) is 9.32. The van der Waals surface area contributed by atoms with Gasteiger partial charge in [-0.2, -0.15) is 0 Å². The van der Waals surface area contributed by atoms with Crippen LogP contribution in [-0.2, 0) is 0 Å². The van der Waals surface area contributed by atoms with Crippen LogP contribution in [0.4, 0.5) is 0 Å². The first-order chi connectivity index (χ1) is 14.0. The number of pyridine rings is 1. The van der Waals surface area contributed by atoms with E-state index in [1.54, 1.807) is 42.7 Å². The van der Waals surface area contributed by atoms with Crippen molar-refractivity contribution >= 4 is 11.7 Å². The minimum Gasteiger partial charge on any atom is -0.489 e. The second kappa shape index (κ2) is 7.75. The summed E-state index contributed by atoms with van der Waals surface area (Å²) in [5.74, 6) is 0.543. The lowest BCUT2D eigenvalue weighted by Gasteiger charge is -2.25. The standard InChI is InChI=1S/C23H20N2O4/c1-14-12-20(26)19-7-6-16(13-21(19)28-14)29-22(15-8-10-25-11-9-15)17-4-2-3-5-18(17)23(24)27/h2-11,13-14,22H,12H2,1H3,(H2,24,27)/t14-,22-/m1/s1. The average Bonchev–Trinajstić information content (AvgIpc) is 2.72. The molecule has 6 nitrogen and oxygen atoms in total. The number of fused-ring (bicyclic) bond motifs is 1. The number of carbonyl (C=O) groups excluding carboxylic acids is 2. The second-order valence-electron chi connectivity index (χ2n) is 6.94. The number of nitrogens with zero attached hydrogens (tertiary/aromatic N) is 1. The van der Waals surface area contributed by atoms with Crippen LogP contribution in [0.3, 0.4) is 0 Å². The summed E-state index contributed by atoms with van der Waals surface area (Å²) in [6.07, 6.45) is 2.91. The molecule has 0 spiro atoms. The summed E-state index contributed by atoms with van der Waals surface area (Å²) in [5.41, 5.74) is 7.98. The van der Waals surface area contributed by atoms with Crippen molar-refractivity contribution in [2.75, 3.05) is 0 Å². The number of aromatic nitrogens is 1. The number of carbonyl (C=O) groups is 2. The number of hydrogen-bond acceptors (Lipinski definition) is 5. The van der Waals surface area contributed by atoms with E-state index < -0.39 is 12.0 Å². The molecular formula is C23H20N2O4. The van der Waals surface area contributed by atoms with Gasteiger partial charge in [-0.1, -0.05) is 18.2 Å². The minimum atomic E-state index is -0.587. The topological polar surface area (TPSA) is 91.5 Å². The Kier molecular flexibility index (Phi) is 4.99. The summed E-state index contributed by atoms with van der Waals surface area (Å²) >= 11 is 0. The van der Waals surface area contributed by atoms with Crippen molar-refractivity contribution in [3.63, 3.8) is 0 Å². The molecule has 3 aromatic rings. The molecule has 6 heteroatoms. The van der Waals surface area contributed by atoms with Crippen molar-refractivity contribution in [3.05, 3.63) is 89.2 Å². The highest BCUT2D eigenvalue weighted by molar-refractivity contribution is 6.00. The zero-order chi connectivity index (χ0) is 20.4. The van der Waals surface area contributed by atoms with E-state index in [2.05, 4.69) is 4.98 Å². The van der Waals surface area contributed by atoms with Crippen molar-refractivity contribution in [2.24, 2.45) is 5.73 Å². The highest BCUT2D eigenvalue weighted by Gasteiger charge is 2.26. The van der Waals surface area contributed by atoms with Crippen molar-refractivity contribution in [3.8, 4) is 11.5 Å². The number of Topliss-reactive ketones (excluding diaryl/α,β-unsaturated/α-hetero) is 1. The molecule has 146 valence electrons. The van der Waals surface area contributed by atoms with Crippen molar-refractivity contribution in [1.29, 1.82) is 0 Å². The maximum Gasteiger partial charge on any atom is 0.249 e. The normalized spacial score (nSPS) is 16.4. The fraction of sp³-hybridized carbons (Fsp3) is 0.174. The summed E-state index contributed by atoms with van der Waals surface area (Å²) in [4.78, 5) is 28.2. The molecule has 4 rings (SSSR count). The van der Waals surface area contributed by atoms with Gasteiger partial charge >= 0.3 is 0 Å². The molecule has 0 saturated carbocycles. The molecule has 2 aromatic carbocycles. The Morgan fingerprint density at radius 1 is 1.17 bits per heavy atom. The fourth-order valence-corrected chi connectivity index (χ4v) is 3.47. The summed E-state index contributed by atoms with van der Waals surface area (Å²) < 4.78 is 12.1. The Morgan fingerprint density at radius 2 is 1.93 bits per heavy atom. The molecule has 2 N–H and O–H groups in total. The Balaban J connectivity index is 1.76. The second-order valence-corrected chi connectivity index (χ2v) is 6.94. The SMILES string of the molecule is C[C@@H]1CC(=O)c2ccc(O[C@H](c3ccncc3)c3ccccc3C(N)=O)cc2O1. The van der Waals surface area contributed by atoms with Crippen LogP contribution in [-0.4, -0.2) is 22.8 Å². The fourth-order valence-electron chi connectivity index (χ4n) is 3.47. The Hall–Kier alpha value is -3.67. The van der Waals surface area contributed by atoms with E-state index in [0.29, 0.717) is 34.6 Å². The Labute approximate surface area is 168 Å². The molecular weight excluding hydrogens is 368 g/mol. The van der Waals surface area contributed by atoms with Gasteiger partial charge in [-0.3, -0.25) is 14.6 Å². The van der Waals surface area contributed by atoms with Gasteiger partial charge in [0.1, 0.15) is 23.7 Å². The number of amides is 1. The van der Waals surface area contributed by atoms with E-state index >= 15 is 0 Å². The van der Waals surface area contributed by atoms with Crippen LogP contribution in [0, 0.1) is 0 Å². The molecule has 2 heterocycles. The number of ketones is 1. The predicted octanol–water partition coefficient (Wildman–Crippen LogP) is 3.70. The van der Waals surface area contributed by atoms with Crippen LogP contribution in [0.1, 0.15) is 51.3 Å². The number of hydrogen-bond donors (Lipinski definition) is 1. The van der Waals surface area contributed by atoms with Crippen molar-refractivity contribution < 1.29 is 19.1 Å². The minimum absolute atomic E-state index is 0.0510. The molecule has 1 aliphatic heterocycles. The number of primary amides is 1. The molecule has 1 amide bonds. The van der Waals surface area contributed by atoms with Crippen LogP contribution in [0.5, 0.6) is 11.5 Å². The van der Waals surface area contributed by atoms with E-state index in [1.807, 2.05) is 31.2 Å². The van der Waals surface area contributed by atoms with Crippen molar-refractivity contribution in [2.45, 2.75) is 25.6 Å². The molecule has 0 unspecified atom stereocenters. The zero-order valence-corrected chi connectivity index (χ0v) is 15.9. The number of rotatable bonds is 5. The molecule has 1 aliphatic rings. The smallest absolute Gasteiger partial charge is 0.249 e. The lowest BCUT2D eigenvalue weighted by molar-refractivity contribution is 0.0869. The zero-order valence-electron chi connectivity index (χ0n) is 15.9. The molecule has 0 aliphatic carbocycles. The third-order valence-corrected chi connectivity index (χ3v) is 4.83. The highest BCUT2D eigenvalue weighted by Crippen LogP contribution is 2.35. The first kappa shape index (κ1) is 18.7. The van der Waals surface area contributed by atoms with Gasteiger partial charge in [-0.05, 0) is 42.8 Å². The lowest BCUT2D eigenvalue weighted by atomic mass is 9.96. The van der Waals surface area contributed by atoms with E-state index in [4.69, 9.17) is 15.2 Å². The molecule has 0 radical (unpaired) electrons. The molecule has 0 bridgehead atoms. The third-order valence-electron chi connectivity index (χ3n) is 4.83. The quantitative estimate of drug-likeness (QED) is 0.719. The summed E-state index contributed by atoms with van der Waals surface area (Å²) in [7, 11) is 0. The van der Waals surface area contributed by atoms with E-state index in [1.165, 1.54) is 0 Å². The van der Waals surface area contributed by atoms with Gasteiger partial charge in [0.25, 0.3) is 0 Å². The molecule has 0 fully saturated rings. The third kappa shape index (κ3) is 3.82. The lowest BCUT2D eigenvalue weighted by Crippen LogP contribution is -2.24. The molecule has 29 heavy (non-hydrogen) atoms. The Bertz CT molecular complexity index is 1070. The molecule has 2 atom stereocenters. The highest BCUT2D eigenvalue weighted by atomic mass is 16.5. The Morgan fingerprint density at radius 3 is 2.69 bits per heavy atom. The van der Waals surface area contributed by atoms with Crippen LogP contribution in [0.25, 0.3) is 0 Å². The van der Waals surface area contributed by atoms with Gasteiger partial charge in [0.2, 0.25) is 5.91 Å². The summed E-state index contributed by atoms with van der Waals surface area (Å²) in [6.45, 7) is 1.86.